The van der Waals surface area contributed by atoms with E-state index in [0.717, 1.165) is 0 Å². The summed E-state index contributed by atoms with van der Waals surface area (Å²) < 4.78 is 5.53. The molecule has 2 unspecified atom stereocenters. The van der Waals surface area contributed by atoms with Crippen LogP contribution in [0, 0.1) is 0 Å². The van der Waals surface area contributed by atoms with Gasteiger partial charge >= 0.3 is 5.97 Å². The van der Waals surface area contributed by atoms with Gasteiger partial charge in [-0.1, -0.05) is 24.3 Å². The zero-order chi connectivity index (χ0) is 13.5. The predicted octanol–water partition coefficient (Wildman–Crippen LogP) is 1.21. The molecule has 100 valence electrons. The molecule has 0 spiro atoms. The summed E-state index contributed by atoms with van der Waals surface area (Å²) in [4.78, 5) is 23.7. The number of nitrogens with zero attached hydrogens (tertiary/aromatic N) is 1. The molecule has 18 heavy (non-hydrogen) atoms. The zero-order valence-corrected chi connectivity index (χ0v) is 10.7. The maximum atomic E-state index is 11.3. The summed E-state index contributed by atoms with van der Waals surface area (Å²) in [5.41, 5.74) is 0. The molecule has 1 saturated heterocycles. The van der Waals surface area contributed by atoms with Crippen molar-refractivity contribution in [3.8, 4) is 0 Å². The number of hydrogen-bond acceptors (Lipinski definition) is 3. The quantitative estimate of drug-likeness (QED) is 0.748. The van der Waals surface area contributed by atoms with Gasteiger partial charge in [0.2, 0.25) is 5.91 Å². The fraction of sp³-hybridized carbons (Fsp3) is 0.538. The van der Waals surface area contributed by atoms with Gasteiger partial charge in [0, 0.05) is 19.9 Å². The molecule has 0 bridgehead atoms. The Morgan fingerprint density at radius 2 is 2.17 bits per heavy atom. The van der Waals surface area contributed by atoms with Crippen LogP contribution in [0.4, 0.5) is 0 Å². The third kappa shape index (κ3) is 4.00. The van der Waals surface area contributed by atoms with Crippen LogP contribution in [0.15, 0.2) is 24.3 Å². The summed E-state index contributed by atoms with van der Waals surface area (Å²) >= 11 is 0. The number of aliphatic carboxylic acids is 1. The van der Waals surface area contributed by atoms with Gasteiger partial charge in [-0.05, 0) is 6.92 Å². The molecule has 0 aromatic carbocycles. The molecule has 5 nitrogen and oxygen atoms in total. The van der Waals surface area contributed by atoms with Gasteiger partial charge in [-0.25, -0.2) is 4.79 Å². The molecule has 1 rings (SSSR count). The van der Waals surface area contributed by atoms with E-state index < -0.39 is 12.0 Å². The molecule has 1 aliphatic rings. The van der Waals surface area contributed by atoms with Crippen molar-refractivity contribution in [2.24, 2.45) is 0 Å². The number of carbonyl (C=O) groups is 2. The first-order chi connectivity index (χ1) is 8.56. The third-order valence-electron chi connectivity index (χ3n) is 2.82. The SMILES string of the molecule is C/C=C/C=C/COC1CC(C(=O)O)N(C(C)=O)C1. The second-order valence-corrected chi connectivity index (χ2v) is 4.17. The summed E-state index contributed by atoms with van der Waals surface area (Å²) in [5, 5.41) is 9.02. The van der Waals surface area contributed by atoms with Crippen LogP contribution in [-0.2, 0) is 14.3 Å². The Bertz CT molecular complexity index is 340. The molecule has 1 aliphatic heterocycles. The highest BCUT2D eigenvalue weighted by molar-refractivity contribution is 5.83. The molecule has 1 fully saturated rings. The van der Waals surface area contributed by atoms with Crippen molar-refractivity contribution < 1.29 is 19.4 Å². The molecule has 0 aliphatic carbocycles. The molecule has 0 aromatic heterocycles. The topological polar surface area (TPSA) is 66.8 Å². The lowest BCUT2D eigenvalue weighted by atomic mass is 10.2. The number of amides is 1. The number of hydrogen-bond donors (Lipinski definition) is 1. The van der Waals surface area contributed by atoms with Gasteiger partial charge in [0.15, 0.2) is 0 Å². The first-order valence-corrected chi connectivity index (χ1v) is 5.95. The number of carbonyl (C=O) groups excluding carboxylic acids is 1. The lowest BCUT2D eigenvalue weighted by molar-refractivity contribution is -0.147. The second kappa shape index (κ2) is 6.96. The Morgan fingerprint density at radius 3 is 2.67 bits per heavy atom. The van der Waals surface area contributed by atoms with Gasteiger partial charge in [-0.2, -0.15) is 0 Å². The van der Waals surface area contributed by atoms with E-state index in [0.29, 0.717) is 19.6 Å². The van der Waals surface area contributed by atoms with Crippen LogP contribution in [0.5, 0.6) is 0 Å². The molecular formula is C13H19NO4. The standard InChI is InChI=1S/C13H19NO4/c1-3-4-5-6-7-18-11-8-12(13(16)17)14(9-11)10(2)15/h3-6,11-12H,7-9H2,1-2H3,(H,16,17)/b4-3+,6-5+. The minimum atomic E-state index is -0.972. The van der Waals surface area contributed by atoms with Gasteiger partial charge in [0.1, 0.15) is 6.04 Å². The Kier molecular flexibility index (Phi) is 5.58. The van der Waals surface area contributed by atoms with Crippen molar-refractivity contribution in [3.05, 3.63) is 24.3 Å². The lowest BCUT2D eigenvalue weighted by Crippen LogP contribution is -2.39. The van der Waals surface area contributed by atoms with Crippen molar-refractivity contribution in [3.63, 3.8) is 0 Å². The largest absolute Gasteiger partial charge is 0.480 e. The van der Waals surface area contributed by atoms with Gasteiger partial charge in [0.05, 0.1) is 12.7 Å². The molecule has 0 aromatic rings. The molecule has 0 radical (unpaired) electrons. The Balaban J connectivity index is 2.46. The van der Waals surface area contributed by atoms with E-state index in [1.54, 1.807) is 0 Å². The van der Waals surface area contributed by atoms with E-state index in [-0.39, 0.29) is 12.0 Å². The second-order valence-electron chi connectivity index (χ2n) is 4.17. The number of rotatable bonds is 5. The highest BCUT2D eigenvalue weighted by Gasteiger charge is 2.38. The smallest absolute Gasteiger partial charge is 0.326 e. The van der Waals surface area contributed by atoms with Crippen molar-refractivity contribution >= 4 is 11.9 Å². The molecule has 2 atom stereocenters. The van der Waals surface area contributed by atoms with E-state index in [9.17, 15) is 9.59 Å². The van der Waals surface area contributed by atoms with Crippen LogP contribution in [0.25, 0.3) is 0 Å². The maximum absolute atomic E-state index is 11.3. The van der Waals surface area contributed by atoms with Crippen LogP contribution in [0.3, 0.4) is 0 Å². The summed E-state index contributed by atoms with van der Waals surface area (Å²) in [6.45, 7) is 4.07. The van der Waals surface area contributed by atoms with Crippen molar-refractivity contribution in [1.82, 2.24) is 4.90 Å². The Morgan fingerprint density at radius 1 is 1.44 bits per heavy atom. The summed E-state index contributed by atoms with van der Waals surface area (Å²) in [5.74, 6) is -1.20. The molecule has 1 N–H and O–H groups in total. The zero-order valence-electron chi connectivity index (χ0n) is 10.7. The van der Waals surface area contributed by atoms with E-state index in [2.05, 4.69) is 0 Å². The van der Waals surface area contributed by atoms with Crippen LogP contribution in [-0.4, -0.2) is 47.2 Å². The first kappa shape index (κ1) is 14.4. The van der Waals surface area contributed by atoms with Crippen LogP contribution >= 0.6 is 0 Å². The van der Waals surface area contributed by atoms with Gasteiger partial charge < -0.3 is 14.7 Å². The van der Waals surface area contributed by atoms with Crippen LogP contribution in [0.1, 0.15) is 20.3 Å². The fourth-order valence-corrected chi connectivity index (χ4v) is 1.94. The number of ether oxygens (including phenoxy) is 1. The average molecular weight is 253 g/mol. The van der Waals surface area contributed by atoms with Crippen molar-refractivity contribution in [1.29, 1.82) is 0 Å². The first-order valence-electron chi connectivity index (χ1n) is 5.95. The summed E-state index contributed by atoms with van der Waals surface area (Å²) in [7, 11) is 0. The lowest BCUT2D eigenvalue weighted by Gasteiger charge is -2.18. The van der Waals surface area contributed by atoms with E-state index in [1.165, 1.54) is 11.8 Å². The number of carboxylic acids is 1. The van der Waals surface area contributed by atoms with Crippen LogP contribution in [0.2, 0.25) is 0 Å². The van der Waals surface area contributed by atoms with Gasteiger partial charge in [-0.15, -0.1) is 0 Å². The summed E-state index contributed by atoms with van der Waals surface area (Å²) in [6, 6.07) is -0.757. The van der Waals surface area contributed by atoms with Crippen LogP contribution < -0.4 is 0 Å². The summed E-state index contributed by atoms with van der Waals surface area (Å²) in [6.07, 6.45) is 7.67. The molecule has 1 heterocycles. The normalized spacial score (nSPS) is 24.2. The fourth-order valence-electron chi connectivity index (χ4n) is 1.94. The molecule has 0 saturated carbocycles. The predicted molar refractivity (Wildman–Crippen MR) is 67.1 cm³/mol. The van der Waals surface area contributed by atoms with E-state index in [4.69, 9.17) is 9.84 Å². The third-order valence-corrected chi connectivity index (χ3v) is 2.82. The highest BCUT2D eigenvalue weighted by Crippen LogP contribution is 2.20. The highest BCUT2D eigenvalue weighted by atomic mass is 16.5. The number of likely N-dealkylation sites (tertiary alicyclic amines) is 1. The number of carboxylic acid groups (broad SMARTS) is 1. The van der Waals surface area contributed by atoms with E-state index in [1.807, 2.05) is 31.2 Å². The minimum absolute atomic E-state index is 0.203. The monoisotopic (exact) mass is 253 g/mol. The van der Waals surface area contributed by atoms with E-state index >= 15 is 0 Å². The minimum Gasteiger partial charge on any atom is -0.480 e. The Labute approximate surface area is 107 Å². The molecule has 5 heteroatoms. The Hall–Kier alpha value is -1.62. The van der Waals surface area contributed by atoms with Gasteiger partial charge in [0.25, 0.3) is 0 Å². The number of allylic oxidation sites excluding steroid dienone is 3. The van der Waals surface area contributed by atoms with Crippen molar-refractivity contribution in [2.75, 3.05) is 13.2 Å². The average Bonchev–Trinajstić information content (AvgIpc) is 2.73. The molecule has 1 amide bonds. The molecular weight excluding hydrogens is 234 g/mol. The van der Waals surface area contributed by atoms with Gasteiger partial charge in [-0.3, -0.25) is 4.79 Å². The van der Waals surface area contributed by atoms with Crippen molar-refractivity contribution in [2.45, 2.75) is 32.4 Å². The maximum Gasteiger partial charge on any atom is 0.326 e.